The third kappa shape index (κ3) is 3.35. The average molecular weight is 333 g/mol. The second kappa shape index (κ2) is 6.29. The minimum Gasteiger partial charge on any atom is -0.374 e. The largest absolute Gasteiger partial charge is 0.374 e. The molecule has 1 fully saturated rings. The van der Waals surface area contributed by atoms with Gasteiger partial charge >= 0.3 is 5.69 Å². The molecule has 2 rings (SSSR count). The summed E-state index contributed by atoms with van der Waals surface area (Å²) in [6, 6.07) is 1.14. The van der Waals surface area contributed by atoms with E-state index in [1.807, 2.05) is 0 Å². The highest BCUT2D eigenvalue weighted by atomic mass is 32.2. The summed E-state index contributed by atoms with van der Waals surface area (Å²) in [6.45, 7) is 0.475. The van der Waals surface area contributed by atoms with Gasteiger partial charge in [0, 0.05) is 26.7 Å². The number of anilines is 1. The molecule has 1 aliphatic carbocycles. The van der Waals surface area contributed by atoms with Crippen molar-refractivity contribution in [1.29, 1.82) is 0 Å². The SMILES string of the molecule is CNc1sc(S(=O)(=O)N(C)CC2CCCC2)cc1[N+](=O)[O-]. The van der Waals surface area contributed by atoms with Gasteiger partial charge in [0.1, 0.15) is 4.21 Å². The van der Waals surface area contributed by atoms with Crippen molar-refractivity contribution in [3.63, 3.8) is 0 Å². The Labute approximate surface area is 128 Å². The minimum absolute atomic E-state index is 0.0130. The van der Waals surface area contributed by atoms with Crippen molar-refractivity contribution in [3.05, 3.63) is 16.2 Å². The Bertz CT molecular complexity index is 620. The van der Waals surface area contributed by atoms with Crippen LogP contribution in [0.2, 0.25) is 0 Å². The molecule has 1 aliphatic rings. The fraction of sp³-hybridized carbons (Fsp3) is 0.667. The van der Waals surface area contributed by atoms with E-state index in [0.29, 0.717) is 12.5 Å². The zero-order valence-electron chi connectivity index (χ0n) is 12.0. The normalized spacial score (nSPS) is 16.5. The van der Waals surface area contributed by atoms with Gasteiger partial charge < -0.3 is 5.32 Å². The number of hydrogen-bond acceptors (Lipinski definition) is 6. The molecule has 0 saturated heterocycles. The highest BCUT2D eigenvalue weighted by Crippen LogP contribution is 2.38. The van der Waals surface area contributed by atoms with Crippen LogP contribution in [0.4, 0.5) is 10.7 Å². The Kier molecular flexibility index (Phi) is 4.84. The first kappa shape index (κ1) is 16.2. The lowest BCUT2D eigenvalue weighted by Crippen LogP contribution is -2.30. The van der Waals surface area contributed by atoms with Gasteiger partial charge in [0.25, 0.3) is 10.0 Å². The molecule has 0 unspecified atom stereocenters. The summed E-state index contributed by atoms with van der Waals surface area (Å²) < 4.78 is 26.4. The van der Waals surface area contributed by atoms with Crippen LogP contribution in [0, 0.1) is 16.0 Å². The van der Waals surface area contributed by atoms with Crippen LogP contribution in [-0.2, 0) is 10.0 Å². The molecular weight excluding hydrogens is 314 g/mol. The number of nitro groups is 1. The van der Waals surface area contributed by atoms with E-state index in [0.717, 1.165) is 43.1 Å². The molecule has 1 heterocycles. The predicted octanol–water partition coefficient (Wildman–Crippen LogP) is 2.51. The van der Waals surface area contributed by atoms with Gasteiger partial charge in [-0.05, 0) is 18.8 Å². The number of thiophene rings is 1. The van der Waals surface area contributed by atoms with Crippen molar-refractivity contribution in [1.82, 2.24) is 4.31 Å². The second-order valence-corrected chi connectivity index (χ2v) is 8.55. The third-order valence-corrected chi connectivity index (χ3v) is 7.18. The monoisotopic (exact) mass is 333 g/mol. The van der Waals surface area contributed by atoms with Crippen molar-refractivity contribution in [2.75, 3.05) is 26.0 Å². The molecule has 21 heavy (non-hydrogen) atoms. The first-order valence-electron chi connectivity index (χ1n) is 6.78. The lowest BCUT2D eigenvalue weighted by Gasteiger charge is -2.19. The summed E-state index contributed by atoms with van der Waals surface area (Å²) in [5.74, 6) is 0.392. The van der Waals surface area contributed by atoms with Crippen molar-refractivity contribution in [2.45, 2.75) is 29.9 Å². The van der Waals surface area contributed by atoms with Gasteiger partial charge in [-0.25, -0.2) is 8.42 Å². The summed E-state index contributed by atoms with van der Waals surface area (Å²) in [5.41, 5.74) is -0.199. The summed E-state index contributed by atoms with van der Waals surface area (Å²) in [6.07, 6.45) is 4.39. The quantitative estimate of drug-likeness (QED) is 0.638. The van der Waals surface area contributed by atoms with Crippen LogP contribution in [0.1, 0.15) is 25.7 Å². The Hall–Kier alpha value is -1.19. The molecule has 118 valence electrons. The maximum atomic E-state index is 12.5. The molecule has 0 atom stereocenters. The molecule has 1 N–H and O–H groups in total. The predicted molar refractivity (Wildman–Crippen MR) is 82.3 cm³/mol. The fourth-order valence-electron chi connectivity index (χ4n) is 2.61. The molecule has 0 aliphatic heterocycles. The molecule has 1 saturated carbocycles. The molecule has 0 aromatic carbocycles. The maximum absolute atomic E-state index is 12.5. The van der Waals surface area contributed by atoms with Crippen LogP contribution in [0.5, 0.6) is 0 Å². The fourth-order valence-corrected chi connectivity index (χ4v) is 5.35. The highest BCUT2D eigenvalue weighted by Gasteiger charge is 2.30. The molecule has 9 heteroatoms. The number of rotatable bonds is 6. The van der Waals surface area contributed by atoms with Gasteiger partial charge in [-0.2, -0.15) is 4.31 Å². The summed E-state index contributed by atoms with van der Waals surface area (Å²) >= 11 is 0.899. The topological polar surface area (TPSA) is 92.6 Å². The standard InChI is InChI=1S/C12H19N3O4S2/c1-13-12-10(15(16)17)7-11(20-12)21(18,19)14(2)8-9-5-3-4-6-9/h7,9,13H,3-6,8H2,1-2H3. The van der Waals surface area contributed by atoms with Gasteiger partial charge in [-0.3, -0.25) is 10.1 Å². The molecular formula is C12H19N3O4S2. The van der Waals surface area contributed by atoms with Crippen LogP contribution in [-0.4, -0.2) is 38.3 Å². The molecule has 7 nitrogen and oxygen atoms in total. The van der Waals surface area contributed by atoms with E-state index < -0.39 is 14.9 Å². The Balaban J connectivity index is 2.23. The summed E-state index contributed by atoms with van der Waals surface area (Å²) in [7, 11) is -0.585. The Morgan fingerprint density at radius 1 is 1.48 bits per heavy atom. The molecule has 0 radical (unpaired) electrons. The lowest BCUT2D eigenvalue weighted by molar-refractivity contribution is -0.383. The van der Waals surface area contributed by atoms with Crippen LogP contribution < -0.4 is 5.32 Å². The van der Waals surface area contributed by atoms with Gasteiger partial charge in [-0.1, -0.05) is 24.2 Å². The van der Waals surface area contributed by atoms with Crippen molar-refractivity contribution in [3.8, 4) is 0 Å². The Morgan fingerprint density at radius 3 is 2.57 bits per heavy atom. The first-order chi connectivity index (χ1) is 9.86. The number of sulfonamides is 1. The molecule has 0 bridgehead atoms. The smallest absolute Gasteiger partial charge is 0.304 e. The van der Waals surface area contributed by atoms with E-state index in [4.69, 9.17) is 0 Å². The van der Waals surface area contributed by atoms with Crippen molar-refractivity contribution in [2.24, 2.45) is 5.92 Å². The van der Waals surface area contributed by atoms with Gasteiger partial charge in [0.2, 0.25) is 0 Å². The molecule has 0 spiro atoms. The zero-order valence-corrected chi connectivity index (χ0v) is 13.7. The van der Waals surface area contributed by atoms with E-state index in [9.17, 15) is 18.5 Å². The third-order valence-electron chi connectivity index (χ3n) is 3.77. The van der Waals surface area contributed by atoms with Crippen molar-refractivity contribution < 1.29 is 13.3 Å². The van der Waals surface area contributed by atoms with Gasteiger partial charge in [-0.15, -0.1) is 0 Å². The maximum Gasteiger partial charge on any atom is 0.304 e. The summed E-state index contributed by atoms with van der Waals surface area (Å²) in [4.78, 5) is 10.4. The van der Waals surface area contributed by atoms with Gasteiger partial charge in [0.15, 0.2) is 5.00 Å². The number of hydrogen-bond donors (Lipinski definition) is 1. The zero-order chi connectivity index (χ0) is 15.6. The number of nitrogens with one attached hydrogen (secondary N) is 1. The van der Waals surface area contributed by atoms with Crippen molar-refractivity contribution >= 4 is 32.0 Å². The van der Waals surface area contributed by atoms with E-state index >= 15 is 0 Å². The van der Waals surface area contributed by atoms with E-state index in [-0.39, 0.29) is 14.9 Å². The second-order valence-electron chi connectivity index (χ2n) is 5.22. The van der Waals surface area contributed by atoms with Gasteiger partial charge in [0.05, 0.1) is 4.92 Å². The van der Waals surface area contributed by atoms with Crippen LogP contribution in [0.25, 0.3) is 0 Å². The minimum atomic E-state index is -3.66. The molecule has 0 amide bonds. The van der Waals surface area contributed by atoms with Crippen LogP contribution in [0.15, 0.2) is 10.3 Å². The molecule has 1 aromatic heterocycles. The summed E-state index contributed by atoms with van der Waals surface area (Å²) in [5, 5.41) is 13.9. The first-order valence-corrected chi connectivity index (χ1v) is 9.04. The van der Waals surface area contributed by atoms with Crippen LogP contribution >= 0.6 is 11.3 Å². The van der Waals surface area contributed by atoms with E-state index in [1.165, 1.54) is 18.4 Å². The average Bonchev–Trinajstić information content (AvgIpc) is 3.06. The number of nitrogens with zero attached hydrogens (tertiary/aromatic N) is 2. The lowest BCUT2D eigenvalue weighted by atomic mass is 10.1. The van der Waals surface area contributed by atoms with Crippen LogP contribution in [0.3, 0.4) is 0 Å². The van der Waals surface area contributed by atoms with E-state index in [1.54, 1.807) is 0 Å². The highest BCUT2D eigenvalue weighted by molar-refractivity contribution is 7.91. The molecule has 1 aromatic rings. The Morgan fingerprint density at radius 2 is 2.10 bits per heavy atom. The van der Waals surface area contributed by atoms with E-state index in [2.05, 4.69) is 5.32 Å².